The van der Waals surface area contributed by atoms with Crippen LogP contribution in [0.1, 0.15) is 10.4 Å². The summed E-state index contributed by atoms with van der Waals surface area (Å²) in [6.45, 7) is 3.65. The Labute approximate surface area is 109 Å². The maximum absolute atomic E-state index is 11.4. The normalized spacial score (nSPS) is 9.67. The second kappa shape index (κ2) is 6.02. The van der Waals surface area contributed by atoms with Crippen molar-refractivity contribution in [1.29, 1.82) is 0 Å². The summed E-state index contributed by atoms with van der Waals surface area (Å²) in [4.78, 5) is 21.7. The lowest BCUT2D eigenvalue weighted by Gasteiger charge is -2.08. The first-order chi connectivity index (χ1) is 8.45. The monoisotopic (exact) mass is 269 g/mol. The van der Waals surface area contributed by atoms with Crippen LogP contribution < -0.4 is 10.6 Å². The predicted molar refractivity (Wildman–Crippen MR) is 70.0 cm³/mol. The minimum atomic E-state index is -0.535. The standard InChI is InChI=1S/C11H12ClN3O3/c1-7(12)6-14-9-5-8(11(16)13-2)3-4-10(9)15(17)18/h3-5,14H,1,6H2,2H3,(H,13,16). The lowest BCUT2D eigenvalue weighted by molar-refractivity contribution is -0.384. The summed E-state index contributed by atoms with van der Waals surface area (Å²) in [5.41, 5.74) is 0.425. The Balaban J connectivity index is 3.11. The molecule has 0 radical (unpaired) electrons. The van der Waals surface area contributed by atoms with E-state index in [-0.39, 0.29) is 23.8 Å². The molecule has 6 nitrogen and oxygen atoms in total. The zero-order valence-electron chi connectivity index (χ0n) is 9.70. The van der Waals surface area contributed by atoms with E-state index in [1.165, 1.54) is 25.2 Å². The number of rotatable bonds is 5. The van der Waals surface area contributed by atoms with E-state index >= 15 is 0 Å². The van der Waals surface area contributed by atoms with Gasteiger partial charge in [0.1, 0.15) is 5.69 Å². The number of hydrogen-bond acceptors (Lipinski definition) is 4. The maximum atomic E-state index is 11.4. The van der Waals surface area contributed by atoms with Crippen molar-refractivity contribution in [3.8, 4) is 0 Å². The number of benzene rings is 1. The van der Waals surface area contributed by atoms with Gasteiger partial charge in [0.2, 0.25) is 0 Å². The molecule has 18 heavy (non-hydrogen) atoms. The molecular weight excluding hydrogens is 258 g/mol. The van der Waals surface area contributed by atoms with Crippen LogP contribution in [0.5, 0.6) is 0 Å². The molecule has 0 saturated carbocycles. The Hall–Kier alpha value is -2.08. The van der Waals surface area contributed by atoms with Crippen molar-refractivity contribution < 1.29 is 9.72 Å². The molecule has 0 unspecified atom stereocenters. The maximum Gasteiger partial charge on any atom is 0.292 e. The lowest BCUT2D eigenvalue weighted by Crippen LogP contribution is -2.18. The van der Waals surface area contributed by atoms with Crippen LogP contribution in [-0.4, -0.2) is 24.4 Å². The summed E-state index contributed by atoms with van der Waals surface area (Å²) in [6, 6.07) is 4.05. The number of nitro groups is 1. The fraction of sp³-hybridized carbons (Fsp3) is 0.182. The van der Waals surface area contributed by atoms with Crippen LogP contribution in [0.2, 0.25) is 0 Å². The average Bonchev–Trinajstić information content (AvgIpc) is 2.34. The molecule has 0 spiro atoms. The van der Waals surface area contributed by atoms with Crippen molar-refractivity contribution >= 4 is 28.9 Å². The van der Waals surface area contributed by atoms with Crippen molar-refractivity contribution in [1.82, 2.24) is 5.32 Å². The summed E-state index contributed by atoms with van der Waals surface area (Å²) in [5, 5.41) is 16.3. The molecule has 0 bridgehead atoms. The van der Waals surface area contributed by atoms with E-state index in [4.69, 9.17) is 11.6 Å². The minimum absolute atomic E-state index is 0.124. The quantitative estimate of drug-likeness (QED) is 0.633. The van der Waals surface area contributed by atoms with Gasteiger partial charge >= 0.3 is 0 Å². The molecule has 2 N–H and O–H groups in total. The third kappa shape index (κ3) is 3.46. The molecular formula is C11H12ClN3O3. The van der Waals surface area contributed by atoms with Gasteiger partial charge in [-0.05, 0) is 12.1 Å². The average molecular weight is 270 g/mol. The number of hydrogen-bond donors (Lipinski definition) is 2. The van der Waals surface area contributed by atoms with Gasteiger partial charge in [0.15, 0.2) is 0 Å². The van der Waals surface area contributed by atoms with E-state index in [0.717, 1.165) is 0 Å². The smallest absolute Gasteiger partial charge is 0.292 e. The van der Waals surface area contributed by atoms with Gasteiger partial charge < -0.3 is 10.6 Å². The molecule has 0 aliphatic carbocycles. The number of nitro benzene ring substituents is 1. The molecule has 1 amide bonds. The zero-order chi connectivity index (χ0) is 13.7. The number of nitrogens with zero attached hydrogens (tertiary/aromatic N) is 1. The Morgan fingerprint density at radius 1 is 1.56 bits per heavy atom. The second-order valence-corrected chi connectivity index (χ2v) is 3.97. The van der Waals surface area contributed by atoms with Gasteiger partial charge in [-0.15, -0.1) is 0 Å². The van der Waals surface area contributed by atoms with Gasteiger partial charge in [0.25, 0.3) is 11.6 Å². The summed E-state index contributed by atoms with van der Waals surface area (Å²) < 4.78 is 0. The van der Waals surface area contributed by atoms with Crippen LogP contribution in [0.15, 0.2) is 29.8 Å². The number of halogens is 1. The summed E-state index contributed by atoms with van der Waals surface area (Å²) >= 11 is 5.58. The first kappa shape index (κ1) is 14.0. The van der Waals surface area contributed by atoms with Crippen molar-refractivity contribution in [2.45, 2.75) is 0 Å². The van der Waals surface area contributed by atoms with Gasteiger partial charge in [0.05, 0.1) is 11.5 Å². The largest absolute Gasteiger partial charge is 0.375 e. The molecule has 0 aliphatic rings. The van der Waals surface area contributed by atoms with E-state index in [9.17, 15) is 14.9 Å². The highest BCUT2D eigenvalue weighted by atomic mass is 35.5. The van der Waals surface area contributed by atoms with E-state index in [0.29, 0.717) is 10.6 Å². The minimum Gasteiger partial charge on any atom is -0.375 e. The Kier molecular flexibility index (Phi) is 4.67. The lowest BCUT2D eigenvalue weighted by atomic mass is 10.1. The van der Waals surface area contributed by atoms with Crippen molar-refractivity contribution in [2.24, 2.45) is 0 Å². The molecule has 0 aliphatic heterocycles. The van der Waals surface area contributed by atoms with Crippen LogP contribution in [0.25, 0.3) is 0 Å². The molecule has 96 valence electrons. The van der Waals surface area contributed by atoms with Crippen molar-refractivity contribution in [3.05, 3.63) is 45.5 Å². The Bertz CT molecular complexity index is 502. The molecule has 0 saturated heterocycles. The van der Waals surface area contributed by atoms with Crippen LogP contribution in [0, 0.1) is 10.1 Å². The Morgan fingerprint density at radius 3 is 2.72 bits per heavy atom. The predicted octanol–water partition coefficient (Wildman–Crippen LogP) is 2.12. The second-order valence-electron chi connectivity index (χ2n) is 3.44. The SMILES string of the molecule is C=C(Cl)CNc1cc(C(=O)NC)ccc1[N+](=O)[O-]. The highest BCUT2D eigenvalue weighted by molar-refractivity contribution is 6.29. The third-order valence-corrected chi connectivity index (χ3v) is 2.29. The Morgan fingerprint density at radius 2 is 2.22 bits per heavy atom. The molecule has 1 rings (SSSR count). The highest BCUT2D eigenvalue weighted by Crippen LogP contribution is 2.25. The molecule has 0 heterocycles. The number of anilines is 1. The third-order valence-electron chi connectivity index (χ3n) is 2.15. The van der Waals surface area contributed by atoms with E-state index < -0.39 is 4.92 Å². The van der Waals surface area contributed by atoms with Gasteiger partial charge in [-0.3, -0.25) is 14.9 Å². The molecule has 0 fully saturated rings. The van der Waals surface area contributed by atoms with Gasteiger partial charge in [-0.1, -0.05) is 18.2 Å². The fourth-order valence-corrected chi connectivity index (χ4v) is 1.38. The van der Waals surface area contributed by atoms with Crippen molar-refractivity contribution in [3.63, 3.8) is 0 Å². The summed E-state index contributed by atoms with van der Waals surface area (Å²) in [5.74, 6) is -0.322. The number of amides is 1. The van der Waals surface area contributed by atoms with Crippen molar-refractivity contribution in [2.75, 3.05) is 18.9 Å². The summed E-state index contributed by atoms with van der Waals surface area (Å²) in [6.07, 6.45) is 0. The van der Waals surface area contributed by atoms with Gasteiger partial charge in [-0.2, -0.15) is 0 Å². The van der Waals surface area contributed by atoms with Gasteiger partial charge in [0, 0.05) is 23.7 Å². The molecule has 7 heteroatoms. The van der Waals surface area contributed by atoms with Crippen LogP contribution in [-0.2, 0) is 0 Å². The highest BCUT2D eigenvalue weighted by Gasteiger charge is 2.16. The van der Waals surface area contributed by atoms with E-state index in [1.807, 2.05) is 0 Å². The van der Waals surface area contributed by atoms with Crippen LogP contribution in [0.4, 0.5) is 11.4 Å². The zero-order valence-corrected chi connectivity index (χ0v) is 10.5. The molecule has 1 aromatic rings. The molecule has 0 aromatic heterocycles. The van der Waals surface area contributed by atoms with E-state index in [2.05, 4.69) is 17.2 Å². The number of carbonyl (C=O) groups excluding carboxylic acids is 1. The fourth-order valence-electron chi connectivity index (χ4n) is 1.31. The van der Waals surface area contributed by atoms with E-state index in [1.54, 1.807) is 0 Å². The van der Waals surface area contributed by atoms with Crippen LogP contribution in [0.3, 0.4) is 0 Å². The summed E-state index contributed by atoms with van der Waals surface area (Å²) in [7, 11) is 1.48. The first-order valence-electron chi connectivity index (χ1n) is 5.03. The van der Waals surface area contributed by atoms with Gasteiger partial charge in [-0.25, -0.2) is 0 Å². The number of carbonyl (C=O) groups is 1. The van der Waals surface area contributed by atoms with Crippen LogP contribution >= 0.6 is 11.6 Å². The molecule has 0 atom stereocenters. The molecule has 1 aromatic carbocycles. The number of nitrogens with one attached hydrogen (secondary N) is 2. The topological polar surface area (TPSA) is 84.3 Å². The first-order valence-corrected chi connectivity index (χ1v) is 5.41.